The summed E-state index contributed by atoms with van der Waals surface area (Å²) in [7, 11) is 0. The van der Waals surface area contributed by atoms with Crippen LogP contribution in [0.15, 0.2) is 24.3 Å². The van der Waals surface area contributed by atoms with Crippen LogP contribution in [0.5, 0.6) is 0 Å². The Bertz CT molecular complexity index is 401. The van der Waals surface area contributed by atoms with Gasteiger partial charge in [0.25, 0.3) is 0 Å². The van der Waals surface area contributed by atoms with E-state index < -0.39 is 12.0 Å². The average Bonchev–Trinajstić information content (AvgIpc) is 2.34. The fraction of sp³-hybridized carbons (Fsp3) is 0.385. The maximum absolute atomic E-state index is 11.0. The lowest BCUT2D eigenvalue weighted by atomic mass is 10.0. The molecule has 1 aromatic carbocycles. The topological polar surface area (TPSA) is 78.4 Å². The zero-order chi connectivity index (χ0) is 13.5. The van der Waals surface area contributed by atoms with Gasteiger partial charge in [-0.2, -0.15) is 0 Å². The number of carbonyl (C=O) groups is 2. The van der Waals surface area contributed by atoms with Crippen LogP contribution in [0.2, 0.25) is 0 Å². The Morgan fingerprint density at radius 2 is 1.94 bits per heavy atom. The molecule has 0 aliphatic rings. The molecule has 0 aliphatic carbocycles. The van der Waals surface area contributed by atoms with Gasteiger partial charge in [-0.1, -0.05) is 26.0 Å². The number of nitrogens with one attached hydrogen (secondary N) is 2. The maximum atomic E-state index is 11.0. The van der Waals surface area contributed by atoms with E-state index in [1.165, 1.54) is 0 Å². The summed E-state index contributed by atoms with van der Waals surface area (Å²) in [6.45, 7) is 4.18. The summed E-state index contributed by atoms with van der Waals surface area (Å²) in [5, 5.41) is 14.6. The van der Waals surface area contributed by atoms with E-state index in [4.69, 9.17) is 5.11 Å². The van der Waals surface area contributed by atoms with Crippen molar-refractivity contribution in [3.63, 3.8) is 0 Å². The van der Waals surface area contributed by atoms with Crippen molar-refractivity contribution in [2.24, 2.45) is 5.92 Å². The van der Waals surface area contributed by atoms with Crippen molar-refractivity contribution in [1.82, 2.24) is 5.32 Å². The fourth-order valence-corrected chi connectivity index (χ4v) is 1.57. The second kappa shape index (κ2) is 6.64. The molecule has 0 heterocycles. The van der Waals surface area contributed by atoms with E-state index in [2.05, 4.69) is 10.6 Å². The van der Waals surface area contributed by atoms with Crippen LogP contribution in [0.25, 0.3) is 0 Å². The first-order valence-corrected chi connectivity index (χ1v) is 5.80. The van der Waals surface area contributed by atoms with Crippen LogP contribution in [0.4, 0.5) is 5.69 Å². The van der Waals surface area contributed by atoms with E-state index in [-0.39, 0.29) is 5.92 Å². The first-order chi connectivity index (χ1) is 8.54. The molecular weight excluding hydrogens is 232 g/mol. The summed E-state index contributed by atoms with van der Waals surface area (Å²) in [6, 6.07) is 6.69. The van der Waals surface area contributed by atoms with Crippen molar-refractivity contribution in [2.75, 3.05) is 5.32 Å². The molecule has 0 unspecified atom stereocenters. The highest BCUT2D eigenvalue weighted by molar-refractivity contribution is 5.77. The zero-order valence-corrected chi connectivity index (χ0v) is 10.5. The van der Waals surface area contributed by atoms with E-state index in [0.717, 1.165) is 11.3 Å². The molecule has 0 bridgehead atoms. The van der Waals surface area contributed by atoms with Crippen molar-refractivity contribution in [2.45, 2.75) is 26.4 Å². The number of carbonyl (C=O) groups excluding carboxylic acids is 1. The molecule has 0 saturated carbocycles. The molecule has 1 amide bonds. The van der Waals surface area contributed by atoms with Crippen LogP contribution >= 0.6 is 0 Å². The Morgan fingerprint density at radius 3 is 2.39 bits per heavy atom. The number of hydrogen-bond acceptors (Lipinski definition) is 3. The zero-order valence-electron chi connectivity index (χ0n) is 10.5. The smallest absolute Gasteiger partial charge is 0.326 e. The SMILES string of the molecule is CC(C)[C@@H](Nc1ccc(CNC=O)cc1)C(=O)O. The third-order valence-electron chi connectivity index (χ3n) is 2.60. The van der Waals surface area contributed by atoms with Crippen LogP contribution in [-0.4, -0.2) is 23.5 Å². The van der Waals surface area contributed by atoms with Crippen LogP contribution in [0.3, 0.4) is 0 Å². The molecule has 0 saturated heterocycles. The van der Waals surface area contributed by atoms with Gasteiger partial charge in [-0.3, -0.25) is 4.79 Å². The Morgan fingerprint density at radius 1 is 1.33 bits per heavy atom. The number of anilines is 1. The lowest BCUT2D eigenvalue weighted by Gasteiger charge is -2.19. The second-order valence-electron chi connectivity index (χ2n) is 4.40. The molecule has 0 aromatic heterocycles. The van der Waals surface area contributed by atoms with Gasteiger partial charge in [0, 0.05) is 12.2 Å². The molecule has 98 valence electrons. The fourth-order valence-electron chi connectivity index (χ4n) is 1.57. The minimum absolute atomic E-state index is 0.00101. The molecule has 0 fully saturated rings. The second-order valence-corrected chi connectivity index (χ2v) is 4.40. The number of aliphatic carboxylic acids is 1. The predicted molar refractivity (Wildman–Crippen MR) is 69.2 cm³/mol. The van der Waals surface area contributed by atoms with Gasteiger partial charge in [-0.15, -0.1) is 0 Å². The van der Waals surface area contributed by atoms with Gasteiger partial charge in [0.1, 0.15) is 6.04 Å². The van der Waals surface area contributed by atoms with Gasteiger partial charge in [0.2, 0.25) is 6.41 Å². The van der Waals surface area contributed by atoms with Gasteiger partial charge in [0.15, 0.2) is 0 Å². The highest BCUT2D eigenvalue weighted by Crippen LogP contribution is 2.14. The summed E-state index contributed by atoms with van der Waals surface area (Å²) in [5.41, 5.74) is 1.72. The average molecular weight is 250 g/mol. The molecular formula is C13H18N2O3. The summed E-state index contributed by atoms with van der Waals surface area (Å²) in [5.74, 6) is -0.865. The highest BCUT2D eigenvalue weighted by Gasteiger charge is 2.20. The summed E-state index contributed by atoms with van der Waals surface area (Å²) >= 11 is 0. The molecule has 3 N–H and O–H groups in total. The molecule has 1 atom stereocenters. The van der Waals surface area contributed by atoms with E-state index in [1.54, 1.807) is 12.1 Å². The van der Waals surface area contributed by atoms with Crippen molar-refractivity contribution in [1.29, 1.82) is 0 Å². The van der Waals surface area contributed by atoms with Gasteiger partial charge >= 0.3 is 5.97 Å². The normalized spacial score (nSPS) is 11.9. The van der Waals surface area contributed by atoms with Gasteiger partial charge in [-0.05, 0) is 23.6 Å². The van der Waals surface area contributed by atoms with E-state index in [1.807, 2.05) is 26.0 Å². The van der Waals surface area contributed by atoms with E-state index in [0.29, 0.717) is 13.0 Å². The van der Waals surface area contributed by atoms with Crippen molar-refractivity contribution in [3.05, 3.63) is 29.8 Å². The van der Waals surface area contributed by atoms with Crippen molar-refractivity contribution < 1.29 is 14.7 Å². The van der Waals surface area contributed by atoms with Gasteiger partial charge < -0.3 is 15.7 Å². The first-order valence-electron chi connectivity index (χ1n) is 5.80. The number of amides is 1. The monoisotopic (exact) mass is 250 g/mol. The van der Waals surface area contributed by atoms with Crippen LogP contribution in [0, 0.1) is 5.92 Å². The van der Waals surface area contributed by atoms with Crippen molar-refractivity contribution in [3.8, 4) is 0 Å². The highest BCUT2D eigenvalue weighted by atomic mass is 16.4. The largest absolute Gasteiger partial charge is 0.480 e. The van der Waals surface area contributed by atoms with Crippen LogP contribution < -0.4 is 10.6 Å². The molecule has 0 aliphatic heterocycles. The standard InChI is InChI=1S/C13H18N2O3/c1-9(2)12(13(17)18)15-11-5-3-10(4-6-11)7-14-8-16/h3-6,8-9,12,15H,7H2,1-2H3,(H,14,16)(H,17,18)/t12-/m1/s1. The number of rotatable bonds is 7. The summed E-state index contributed by atoms with van der Waals surface area (Å²) in [4.78, 5) is 21.2. The molecule has 18 heavy (non-hydrogen) atoms. The minimum Gasteiger partial charge on any atom is -0.480 e. The third-order valence-corrected chi connectivity index (χ3v) is 2.60. The number of benzene rings is 1. The molecule has 5 nitrogen and oxygen atoms in total. The van der Waals surface area contributed by atoms with Crippen LogP contribution in [-0.2, 0) is 16.1 Å². The van der Waals surface area contributed by atoms with Crippen LogP contribution in [0.1, 0.15) is 19.4 Å². The lowest BCUT2D eigenvalue weighted by molar-refractivity contribution is -0.138. The third kappa shape index (κ3) is 4.08. The quantitative estimate of drug-likeness (QED) is 0.640. The molecule has 5 heteroatoms. The van der Waals surface area contributed by atoms with Gasteiger partial charge in [-0.25, -0.2) is 4.79 Å². The Hall–Kier alpha value is -2.04. The van der Waals surface area contributed by atoms with E-state index >= 15 is 0 Å². The van der Waals surface area contributed by atoms with E-state index in [9.17, 15) is 9.59 Å². The van der Waals surface area contributed by atoms with Gasteiger partial charge in [0.05, 0.1) is 0 Å². The Kier molecular flexibility index (Phi) is 5.17. The summed E-state index contributed by atoms with van der Waals surface area (Å²) < 4.78 is 0. The Labute approximate surface area is 106 Å². The van der Waals surface area contributed by atoms with Crippen molar-refractivity contribution >= 4 is 18.1 Å². The minimum atomic E-state index is -0.864. The summed E-state index contributed by atoms with van der Waals surface area (Å²) in [6.07, 6.45) is 0.644. The maximum Gasteiger partial charge on any atom is 0.326 e. The predicted octanol–water partition coefficient (Wildman–Crippen LogP) is 1.45. The number of carboxylic acids is 1. The molecule has 0 spiro atoms. The lowest BCUT2D eigenvalue weighted by Crippen LogP contribution is -2.34. The first kappa shape index (κ1) is 14.0. The Balaban J connectivity index is 2.67. The number of hydrogen-bond donors (Lipinski definition) is 3. The number of carboxylic acid groups (broad SMARTS) is 1. The molecule has 0 radical (unpaired) electrons. The molecule has 1 aromatic rings. The molecule has 1 rings (SSSR count).